The van der Waals surface area contributed by atoms with E-state index < -0.39 is 11.7 Å². The second-order valence-electron chi connectivity index (χ2n) is 5.59. The first-order valence-corrected chi connectivity index (χ1v) is 8.46. The molecule has 4 aromatic rings. The van der Waals surface area contributed by atoms with Crippen molar-refractivity contribution < 1.29 is 17.9 Å². The lowest BCUT2D eigenvalue weighted by Gasteiger charge is -2.14. The van der Waals surface area contributed by atoms with Crippen molar-refractivity contribution in [1.29, 1.82) is 0 Å². The molecule has 0 atom stereocenters. The number of rotatable bonds is 3. The van der Waals surface area contributed by atoms with Gasteiger partial charge >= 0.3 is 6.18 Å². The Hall–Kier alpha value is -2.91. The Labute approximate surface area is 165 Å². The van der Waals surface area contributed by atoms with Crippen LogP contribution in [-0.2, 0) is 6.18 Å². The highest BCUT2D eigenvalue weighted by atomic mass is 35.5. The molecule has 0 amide bonds. The summed E-state index contributed by atoms with van der Waals surface area (Å²) < 4.78 is 46.4. The van der Waals surface area contributed by atoms with Gasteiger partial charge in [0.1, 0.15) is 10.9 Å². The van der Waals surface area contributed by atoms with Crippen molar-refractivity contribution in [1.82, 2.24) is 24.8 Å². The molecular weight excluding hydrogens is 418 g/mol. The van der Waals surface area contributed by atoms with Gasteiger partial charge in [0, 0.05) is 23.4 Å². The van der Waals surface area contributed by atoms with E-state index in [-0.39, 0.29) is 22.1 Å². The third-order valence-corrected chi connectivity index (χ3v) is 4.22. The van der Waals surface area contributed by atoms with E-state index in [2.05, 4.69) is 20.3 Å². The molecule has 0 saturated carbocycles. The minimum Gasteiger partial charge on any atom is -0.437 e. The third kappa shape index (κ3) is 3.58. The molecular formula is C17H8Cl2F3N5O. The maximum absolute atomic E-state index is 13.2. The molecule has 0 radical (unpaired) electrons. The van der Waals surface area contributed by atoms with Gasteiger partial charge in [-0.1, -0.05) is 11.6 Å². The smallest absolute Gasteiger partial charge is 0.416 e. The van der Waals surface area contributed by atoms with Crippen molar-refractivity contribution in [2.75, 3.05) is 0 Å². The number of nitrogens with zero attached hydrogens (tertiary/aromatic N) is 5. The van der Waals surface area contributed by atoms with E-state index in [1.54, 1.807) is 6.07 Å². The van der Waals surface area contributed by atoms with Crippen LogP contribution in [0.3, 0.4) is 0 Å². The summed E-state index contributed by atoms with van der Waals surface area (Å²) in [6.45, 7) is 0. The predicted octanol–water partition coefficient (Wildman–Crippen LogP) is 5.30. The fraction of sp³-hybridized carbons (Fsp3) is 0.0588. The number of pyridine rings is 1. The maximum atomic E-state index is 13.2. The largest absolute Gasteiger partial charge is 0.437 e. The zero-order valence-electron chi connectivity index (χ0n) is 13.7. The summed E-state index contributed by atoms with van der Waals surface area (Å²) in [6.07, 6.45) is -3.10. The quantitative estimate of drug-likeness (QED) is 0.416. The number of alkyl halides is 3. The van der Waals surface area contributed by atoms with E-state index >= 15 is 0 Å². The van der Waals surface area contributed by atoms with Gasteiger partial charge in [-0.05, 0) is 48.0 Å². The molecule has 4 rings (SSSR count). The molecule has 0 aliphatic carbocycles. The van der Waals surface area contributed by atoms with E-state index in [9.17, 15) is 13.2 Å². The number of fused-ring (bicyclic) bond motifs is 1. The van der Waals surface area contributed by atoms with Crippen LogP contribution in [0.5, 0.6) is 11.6 Å². The van der Waals surface area contributed by atoms with Gasteiger partial charge in [0.25, 0.3) is 0 Å². The average molecular weight is 426 g/mol. The zero-order valence-corrected chi connectivity index (χ0v) is 15.2. The van der Waals surface area contributed by atoms with Crippen molar-refractivity contribution in [3.05, 3.63) is 64.7 Å². The topological polar surface area (TPSA) is 65.2 Å². The summed E-state index contributed by atoms with van der Waals surface area (Å²) in [4.78, 5) is 3.95. The number of hydrogen-bond acceptors (Lipinski definition) is 5. The minimum atomic E-state index is -4.54. The number of benzene rings is 1. The summed E-state index contributed by atoms with van der Waals surface area (Å²) in [6, 6.07) is 9.28. The first-order valence-electron chi connectivity index (χ1n) is 7.70. The van der Waals surface area contributed by atoms with E-state index in [0.29, 0.717) is 16.8 Å². The van der Waals surface area contributed by atoms with E-state index in [0.717, 1.165) is 12.1 Å². The highest BCUT2D eigenvalue weighted by Gasteiger charge is 2.31. The van der Waals surface area contributed by atoms with Crippen molar-refractivity contribution >= 4 is 28.8 Å². The summed E-state index contributed by atoms with van der Waals surface area (Å²) in [7, 11) is 0. The maximum Gasteiger partial charge on any atom is 0.416 e. The standard InChI is InChI=1S/C17H8Cl2F3N5O/c18-13-4-1-9(8-23-13)11-3-2-10(17(20,21)22)7-12(11)28-15-6-5-14-24-25-16(19)27(14)26-15/h1-8H. The van der Waals surface area contributed by atoms with Gasteiger partial charge in [-0.25, -0.2) is 4.98 Å². The molecule has 142 valence electrons. The van der Waals surface area contributed by atoms with Gasteiger partial charge in [0.15, 0.2) is 5.65 Å². The Bertz CT molecular complexity index is 1160. The molecule has 0 aliphatic rings. The van der Waals surface area contributed by atoms with Crippen LogP contribution in [0, 0.1) is 0 Å². The van der Waals surface area contributed by atoms with Crippen LogP contribution in [0.25, 0.3) is 16.8 Å². The first-order chi connectivity index (χ1) is 13.3. The lowest BCUT2D eigenvalue weighted by molar-refractivity contribution is -0.137. The van der Waals surface area contributed by atoms with Gasteiger partial charge in [-0.15, -0.1) is 15.3 Å². The fourth-order valence-corrected chi connectivity index (χ4v) is 2.74. The normalized spacial score (nSPS) is 11.8. The SMILES string of the molecule is FC(F)(F)c1ccc(-c2ccc(Cl)nc2)c(Oc2ccc3nnc(Cl)n3n2)c1. The molecule has 0 fully saturated rings. The second kappa shape index (κ2) is 6.92. The van der Waals surface area contributed by atoms with Crippen molar-refractivity contribution in [2.24, 2.45) is 0 Å². The van der Waals surface area contributed by atoms with Crippen molar-refractivity contribution in [2.45, 2.75) is 6.18 Å². The molecule has 28 heavy (non-hydrogen) atoms. The molecule has 3 heterocycles. The molecule has 0 spiro atoms. The molecule has 6 nitrogen and oxygen atoms in total. The minimum absolute atomic E-state index is 0.00776. The van der Waals surface area contributed by atoms with Crippen LogP contribution < -0.4 is 4.74 Å². The molecule has 11 heteroatoms. The van der Waals surface area contributed by atoms with Crippen LogP contribution >= 0.6 is 23.2 Å². The van der Waals surface area contributed by atoms with Gasteiger partial charge in [0.2, 0.25) is 11.2 Å². The molecule has 3 aromatic heterocycles. The molecule has 0 saturated heterocycles. The molecule has 0 bridgehead atoms. The average Bonchev–Trinajstić information content (AvgIpc) is 3.02. The van der Waals surface area contributed by atoms with Crippen molar-refractivity contribution in [3.8, 4) is 22.8 Å². The summed E-state index contributed by atoms with van der Waals surface area (Å²) in [5.41, 5.74) is 0.408. The van der Waals surface area contributed by atoms with Gasteiger partial charge in [-0.2, -0.15) is 17.7 Å². The van der Waals surface area contributed by atoms with Crippen molar-refractivity contribution in [3.63, 3.8) is 0 Å². The van der Waals surface area contributed by atoms with Crippen LogP contribution in [0.4, 0.5) is 13.2 Å². The number of ether oxygens (including phenoxy) is 1. The monoisotopic (exact) mass is 425 g/mol. The van der Waals surface area contributed by atoms with E-state index in [1.165, 1.54) is 35.0 Å². The van der Waals surface area contributed by atoms with Crippen LogP contribution in [0.1, 0.15) is 5.56 Å². The first kappa shape index (κ1) is 18.5. The van der Waals surface area contributed by atoms with Gasteiger partial charge < -0.3 is 4.74 Å². The number of halogens is 5. The highest BCUT2D eigenvalue weighted by Crippen LogP contribution is 2.38. The van der Waals surface area contributed by atoms with Crippen LogP contribution in [-0.4, -0.2) is 24.8 Å². The number of hydrogen-bond donors (Lipinski definition) is 0. The van der Waals surface area contributed by atoms with Gasteiger partial charge in [-0.3, -0.25) is 0 Å². The Balaban J connectivity index is 1.81. The molecule has 0 N–H and O–H groups in total. The van der Waals surface area contributed by atoms with E-state index in [1.807, 2.05) is 0 Å². The molecule has 0 unspecified atom stereocenters. The Morgan fingerprint density at radius 3 is 2.50 bits per heavy atom. The van der Waals surface area contributed by atoms with Gasteiger partial charge in [0.05, 0.1) is 5.56 Å². The lowest BCUT2D eigenvalue weighted by atomic mass is 10.0. The number of aromatic nitrogens is 5. The molecule has 1 aromatic carbocycles. The van der Waals surface area contributed by atoms with Crippen LogP contribution in [0.2, 0.25) is 10.4 Å². The third-order valence-electron chi connectivity index (χ3n) is 3.76. The van der Waals surface area contributed by atoms with Crippen LogP contribution in [0.15, 0.2) is 48.7 Å². The molecule has 0 aliphatic heterocycles. The summed E-state index contributed by atoms with van der Waals surface area (Å²) in [5, 5.41) is 11.8. The summed E-state index contributed by atoms with van der Waals surface area (Å²) >= 11 is 11.7. The zero-order chi connectivity index (χ0) is 19.9. The lowest BCUT2D eigenvalue weighted by Crippen LogP contribution is -2.05. The Morgan fingerprint density at radius 2 is 1.79 bits per heavy atom. The van der Waals surface area contributed by atoms with E-state index in [4.69, 9.17) is 27.9 Å². The fourth-order valence-electron chi connectivity index (χ4n) is 2.47. The Kier molecular flexibility index (Phi) is 4.56. The Morgan fingerprint density at radius 1 is 0.964 bits per heavy atom. The second-order valence-corrected chi connectivity index (χ2v) is 6.32. The highest BCUT2D eigenvalue weighted by molar-refractivity contribution is 6.29. The summed E-state index contributed by atoms with van der Waals surface area (Å²) in [5.74, 6) is -0.0494. The predicted molar refractivity (Wildman–Crippen MR) is 95.6 cm³/mol.